The molecule has 76 valence electrons. The van der Waals surface area contributed by atoms with Gasteiger partial charge in [-0.15, -0.1) is 11.8 Å². The smallest absolute Gasteiger partial charge is 0.286 e. The monoisotopic (exact) mass is 236 g/mol. The average Bonchev–Trinajstić information content (AvgIpc) is 2.15. The molecule has 1 rings (SSSR count). The molecule has 0 aromatic heterocycles. The van der Waals surface area contributed by atoms with Crippen LogP contribution in [0.4, 0.5) is 8.78 Å². The largest absolute Gasteiger partial charge is 0.384 e. The SMILES string of the molecule is CSc1cccc(C(=O)C(F)(F)Cl)c1. The standard InChI is InChI=1S/C9H7ClF2OS/c1-14-7-4-2-3-6(5-7)8(13)9(10,11)12/h2-5H,1H3. The fraction of sp³-hybridized carbons (Fsp3) is 0.222. The van der Waals surface area contributed by atoms with Crippen LogP contribution in [0, 0.1) is 0 Å². The third-order valence-corrected chi connectivity index (χ3v) is 2.49. The quantitative estimate of drug-likeness (QED) is 0.454. The Morgan fingerprint density at radius 2 is 2.14 bits per heavy atom. The Morgan fingerprint density at radius 3 is 2.64 bits per heavy atom. The number of thioether (sulfide) groups is 1. The summed E-state index contributed by atoms with van der Waals surface area (Å²) >= 11 is 5.99. The fourth-order valence-electron chi connectivity index (χ4n) is 0.928. The van der Waals surface area contributed by atoms with E-state index in [1.807, 2.05) is 0 Å². The molecule has 0 aliphatic heterocycles. The van der Waals surface area contributed by atoms with Crippen LogP contribution in [0.2, 0.25) is 0 Å². The molecule has 0 fully saturated rings. The molecule has 0 saturated heterocycles. The summed E-state index contributed by atoms with van der Waals surface area (Å²) in [6.45, 7) is 0. The van der Waals surface area contributed by atoms with Crippen LogP contribution in [0.1, 0.15) is 10.4 Å². The van der Waals surface area contributed by atoms with E-state index in [0.717, 1.165) is 4.90 Å². The Labute approximate surface area is 89.4 Å². The number of rotatable bonds is 3. The van der Waals surface area contributed by atoms with Gasteiger partial charge >= 0.3 is 5.38 Å². The number of benzene rings is 1. The predicted octanol–water partition coefficient (Wildman–Crippen LogP) is 3.42. The Bertz CT molecular complexity index is 349. The van der Waals surface area contributed by atoms with Gasteiger partial charge < -0.3 is 0 Å². The van der Waals surface area contributed by atoms with Crippen molar-refractivity contribution in [2.24, 2.45) is 0 Å². The van der Waals surface area contributed by atoms with Gasteiger partial charge in [-0.25, -0.2) is 0 Å². The van der Waals surface area contributed by atoms with E-state index in [0.29, 0.717) is 0 Å². The molecule has 0 saturated carbocycles. The summed E-state index contributed by atoms with van der Waals surface area (Å²) in [4.78, 5) is 11.8. The summed E-state index contributed by atoms with van der Waals surface area (Å²) in [5.74, 6) is -1.37. The molecule has 0 unspecified atom stereocenters. The first-order chi connectivity index (χ1) is 6.45. The van der Waals surface area contributed by atoms with Crippen LogP contribution in [0.3, 0.4) is 0 Å². The Kier molecular flexibility index (Phi) is 3.50. The molecule has 0 amide bonds. The number of halogens is 3. The van der Waals surface area contributed by atoms with Gasteiger partial charge in [-0.1, -0.05) is 12.1 Å². The summed E-state index contributed by atoms with van der Waals surface area (Å²) in [6.07, 6.45) is 1.79. The fourth-order valence-corrected chi connectivity index (χ4v) is 1.50. The van der Waals surface area contributed by atoms with Crippen LogP contribution < -0.4 is 0 Å². The highest BCUT2D eigenvalue weighted by Crippen LogP contribution is 2.26. The lowest BCUT2D eigenvalue weighted by Crippen LogP contribution is -2.21. The van der Waals surface area contributed by atoms with Crippen molar-refractivity contribution in [3.05, 3.63) is 29.8 Å². The van der Waals surface area contributed by atoms with Crippen molar-refractivity contribution < 1.29 is 13.6 Å². The highest BCUT2D eigenvalue weighted by atomic mass is 35.5. The van der Waals surface area contributed by atoms with E-state index >= 15 is 0 Å². The molecule has 0 aliphatic rings. The number of carbonyl (C=O) groups is 1. The highest BCUT2D eigenvalue weighted by Gasteiger charge is 2.36. The molecule has 0 spiro atoms. The molecule has 14 heavy (non-hydrogen) atoms. The van der Waals surface area contributed by atoms with E-state index < -0.39 is 11.2 Å². The van der Waals surface area contributed by atoms with Crippen molar-refractivity contribution in [2.45, 2.75) is 10.3 Å². The molecule has 0 N–H and O–H groups in total. The second kappa shape index (κ2) is 4.28. The lowest BCUT2D eigenvalue weighted by atomic mass is 10.1. The zero-order chi connectivity index (χ0) is 10.8. The summed E-state index contributed by atoms with van der Waals surface area (Å²) < 4.78 is 24.9. The van der Waals surface area contributed by atoms with Gasteiger partial charge in [0.05, 0.1) is 0 Å². The molecule has 0 bridgehead atoms. The molecule has 0 aliphatic carbocycles. The maximum absolute atomic E-state index is 12.4. The minimum Gasteiger partial charge on any atom is -0.286 e. The van der Waals surface area contributed by atoms with E-state index in [1.165, 1.54) is 23.9 Å². The van der Waals surface area contributed by atoms with E-state index in [4.69, 9.17) is 0 Å². The molecule has 1 aromatic carbocycles. The molecule has 5 heteroatoms. The van der Waals surface area contributed by atoms with Crippen LogP contribution in [0.25, 0.3) is 0 Å². The van der Waals surface area contributed by atoms with E-state index in [9.17, 15) is 13.6 Å². The minimum absolute atomic E-state index is 0.0724. The zero-order valence-electron chi connectivity index (χ0n) is 7.26. The number of alkyl halides is 3. The highest BCUT2D eigenvalue weighted by molar-refractivity contribution is 7.98. The van der Waals surface area contributed by atoms with Crippen molar-refractivity contribution in [3.8, 4) is 0 Å². The van der Waals surface area contributed by atoms with Gasteiger partial charge in [0.1, 0.15) is 0 Å². The van der Waals surface area contributed by atoms with E-state index in [2.05, 4.69) is 11.6 Å². The summed E-state index contributed by atoms with van der Waals surface area (Å²) in [5.41, 5.74) is -0.0724. The molecular formula is C9H7ClF2OS. The Morgan fingerprint density at radius 1 is 1.50 bits per heavy atom. The van der Waals surface area contributed by atoms with E-state index in [1.54, 1.807) is 18.4 Å². The van der Waals surface area contributed by atoms with Gasteiger partial charge in [0, 0.05) is 10.5 Å². The summed E-state index contributed by atoms with van der Waals surface area (Å²) in [5, 5.41) is -3.82. The molecule has 0 heterocycles. The van der Waals surface area contributed by atoms with Crippen LogP contribution in [-0.4, -0.2) is 17.4 Å². The lowest BCUT2D eigenvalue weighted by molar-refractivity contribution is 0.0536. The van der Waals surface area contributed by atoms with Crippen LogP contribution in [0.15, 0.2) is 29.2 Å². The maximum Gasteiger partial charge on any atom is 0.384 e. The second-order valence-electron chi connectivity index (χ2n) is 2.56. The summed E-state index contributed by atoms with van der Waals surface area (Å²) in [7, 11) is 0. The van der Waals surface area contributed by atoms with Crippen LogP contribution in [0.5, 0.6) is 0 Å². The van der Waals surface area contributed by atoms with Crippen LogP contribution >= 0.6 is 23.4 Å². The summed E-state index contributed by atoms with van der Waals surface area (Å²) in [6, 6.07) is 5.98. The molecule has 0 atom stereocenters. The number of hydrogen-bond donors (Lipinski definition) is 0. The second-order valence-corrected chi connectivity index (χ2v) is 3.91. The number of carbonyl (C=O) groups excluding carboxylic acids is 1. The third kappa shape index (κ3) is 2.69. The zero-order valence-corrected chi connectivity index (χ0v) is 8.83. The third-order valence-electron chi connectivity index (χ3n) is 1.59. The van der Waals surface area contributed by atoms with Gasteiger partial charge in [-0.3, -0.25) is 4.79 Å². The molecule has 1 aromatic rings. The number of Topliss-reactive ketones (excluding diaryl/α,β-unsaturated/α-hetero) is 1. The topological polar surface area (TPSA) is 17.1 Å². The average molecular weight is 237 g/mol. The van der Waals surface area contributed by atoms with Gasteiger partial charge in [0.2, 0.25) is 5.78 Å². The maximum atomic E-state index is 12.4. The van der Waals surface area contributed by atoms with Gasteiger partial charge in [0.15, 0.2) is 0 Å². The van der Waals surface area contributed by atoms with Gasteiger partial charge in [0.25, 0.3) is 0 Å². The van der Waals surface area contributed by atoms with Crippen molar-refractivity contribution >= 4 is 29.1 Å². The minimum atomic E-state index is -3.82. The normalized spacial score (nSPS) is 11.4. The predicted molar refractivity (Wildman–Crippen MR) is 53.4 cm³/mol. The molecule has 0 radical (unpaired) electrons. The lowest BCUT2D eigenvalue weighted by Gasteiger charge is -2.06. The Balaban J connectivity index is 3.02. The van der Waals surface area contributed by atoms with Crippen molar-refractivity contribution in [1.82, 2.24) is 0 Å². The van der Waals surface area contributed by atoms with Gasteiger partial charge in [-0.2, -0.15) is 8.78 Å². The van der Waals surface area contributed by atoms with Gasteiger partial charge in [-0.05, 0) is 30.0 Å². The first-order valence-electron chi connectivity index (χ1n) is 3.70. The molecule has 1 nitrogen and oxygen atoms in total. The number of hydrogen-bond acceptors (Lipinski definition) is 2. The number of ketones is 1. The Hall–Kier alpha value is -0.610. The van der Waals surface area contributed by atoms with Crippen molar-refractivity contribution in [3.63, 3.8) is 0 Å². The molecular weight excluding hydrogens is 230 g/mol. The first-order valence-corrected chi connectivity index (χ1v) is 5.31. The first kappa shape index (κ1) is 11.5. The van der Waals surface area contributed by atoms with E-state index in [-0.39, 0.29) is 5.56 Å². The van der Waals surface area contributed by atoms with Crippen molar-refractivity contribution in [1.29, 1.82) is 0 Å². The van der Waals surface area contributed by atoms with Crippen molar-refractivity contribution in [2.75, 3.05) is 6.26 Å². The van der Waals surface area contributed by atoms with Crippen LogP contribution in [-0.2, 0) is 0 Å².